The fourth-order valence-electron chi connectivity index (χ4n) is 1.76. The summed E-state index contributed by atoms with van der Waals surface area (Å²) < 4.78 is 0. The minimum atomic E-state index is 0.669. The van der Waals surface area contributed by atoms with E-state index in [1.54, 1.807) is 0 Å². The molecule has 1 atom stereocenters. The van der Waals surface area contributed by atoms with Crippen molar-refractivity contribution in [1.82, 2.24) is 5.32 Å². The van der Waals surface area contributed by atoms with Crippen LogP contribution in [0.3, 0.4) is 0 Å². The maximum absolute atomic E-state index is 3.62. The molecule has 0 aliphatic heterocycles. The van der Waals surface area contributed by atoms with Crippen molar-refractivity contribution in [1.29, 1.82) is 0 Å². The van der Waals surface area contributed by atoms with Crippen molar-refractivity contribution in [3.8, 4) is 0 Å². The van der Waals surface area contributed by atoms with Crippen LogP contribution in [0.15, 0.2) is 30.3 Å². The molecule has 14 heavy (non-hydrogen) atoms. The molecule has 0 unspecified atom stereocenters. The lowest BCUT2D eigenvalue weighted by Gasteiger charge is -2.12. The third kappa shape index (κ3) is 3.15. The van der Waals surface area contributed by atoms with Crippen LogP contribution >= 0.6 is 0 Å². The van der Waals surface area contributed by atoms with Gasteiger partial charge in [0.2, 0.25) is 0 Å². The van der Waals surface area contributed by atoms with E-state index in [0.717, 1.165) is 6.04 Å². The monoisotopic (exact) mass is 189 g/mol. The van der Waals surface area contributed by atoms with Gasteiger partial charge in [0.05, 0.1) is 0 Å². The molecule has 1 aliphatic carbocycles. The highest BCUT2D eigenvalue weighted by atomic mass is 15.0. The molecular weight excluding hydrogens is 170 g/mol. The van der Waals surface area contributed by atoms with Crippen molar-refractivity contribution in [2.75, 3.05) is 0 Å². The van der Waals surface area contributed by atoms with Crippen molar-refractivity contribution in [3.05, 3.63) is 35.9 Å². The molecule has 0 amide bonds. The van der Waals surface area contributed by atoms with Crippen LogP contribution in [0.5, 0.6) is 0 Å². The van der Waals surface area contributed by atoms with Crippen molar-refractivity contribution in [3.63, 3.8) is 0 Å². The molecule has 76 valence electrons. The van der Waals surface area contributed by atoms with Gasteiger partial charge < -0.3 is 5.32 Å². The Kier molecular flexibility index (Phi) is 3.20. The second kappa shape index (κ2) is 4.61. The van der Waals surface area contributed by atoms with Crippen LogP contribution in [0, 0.1) is 0 Å². The molecule has 1 saturated carbocycles. The first-order valence-electron chi connectivity index (χ1n) is 5.64. The third-order valence-electron chi connectivity index (χ3n) is 2.81. The minimum absolute atomic E-state index is 0.669. The number of nitrogens with one attached hydrogen (secondary N) is 1. The summed E-state index contributed by atoms with van der Waals surface area (Å²) in [5.74, 6) is 0. The largest absolute Gasteiger partial charge is 0.311 e. The summed E-state index contributed by atoms with van der Waals surface area (Å²) in [5, 5.41) is 3.62. The van der Waals surface area contributed by atoms with E-state index in [0.29, 0.717) is 6.04 Å². The normalized spacial score (nSPS) is 18.1. The van der Waals surface area contributed by atoms with Crippen LogP contribution in [0.25, 0.3) is 0 Å². The van der Waals surface area contributed by atoms with E-state index in [4.69, 9.17) is 0 Å². The van der Waals surface area contributed by atoms with Crippen LogP contribution in [0.4, 0.5) is 0 Å². The van der Waals surface area contributed by atoms with Gasteiger partial charge in [-0.05, 0) is 38.2 Å². The zero-order valence-electron chi connectivity index (χ0n) is 8.87. The first-order chi connectivity index (χ1) is 6.84. The van der Waals surface area contributed by atoms with Gasteiger partial charge in [-0.2, -0.15) is 0 Å². The Hall–Kier alpha value is -0.820. The second-order valence-corrected chi connectivity index (χ2v) is 4.37. The van der Waals surface area contributed by atoms with Crippen LogP contribution in [-0.2, 0) is 6.42 Å². The molecule has 1 aromatic carbocycles. The molecule has 1 aromatic rings. The van der Waals surface area contributed by atoms with Gasteiger partial charge in [-0.3, -0.25) is 0 Å². The summed E-state index contributed by atoms with van der Waals surface area (Å²) in [6.07, 6.45) is 5.22. The average Bonchev–Trinajstić information content (AvgIpc) is 3.00. The summed E-state index contributed by atoms with van der Waals surface area (Å²) >= 11 is 0. The van der Waals surface area contributed by atoms with Crippen molar-refractivity contribution in [2.45, 2.75) is 44.7 Å². The molecule has 1 fully saturated rings. The molecule has 0 bridgehead atoms. The van der Waals surface area contributed by atoms with Crippen LogP contribution in [0.2, 0.25) is 0 Å². The van der Waals surface area contributed by atoms with Gasteiger partial charge in [0.25, 0.3) is 0 Å². The molecule has 1 N–H and O–H groups in total. The predicted molar refractivity (Wildman–Crippen MR) is 60.4 cm³/mol. The Morgan fingerprint density at radius 3 is 2.64 bits per heavy atom. The van der Waals surface area contributed by atoms with Crippen molar-refractivity contribution >= 4 is 0 Å². The molecule has 0 saturated heterocycles. The summed E-state index contributed by atoms with van der Waals surface area (Å²) in [5.41, 5.74) is 1.46. The molecular formula is C13H19N. The third-order valence-corrected chi connectivity index (χ3v) is 2.81. The summed E-state index contributed by atoms with van der Waals surface area (Å²) in [7, 11) is 0. The lowest BCUT2D eigenvalue weighted by Crippen LogP contribution is -2.28. The fourth-order valence-corrected chi connectivity index (χ4v) is 1.76. The van der Waals surface area contributed by atoms with E-state index in [1.165, 1.54) is 31.2 Å². The number of rotatable bonds is 5. The maximum Gasteiger partial charge on any atom is 0.00706 e. The first kappa shape index (κ1) is 9.72. The lowest BCUT2D eigenvalue weighted by molar-refractivity contribution is 0.512. The average molecular weight is 189 g/mol. The quantitative estimate of drug-likeness (QED) is 0.751. The minimum Gasteiger partial charge on any atom is -0.311 e. The van der Waals surface area contributed by atoms with E-state index in [9.17, 15) is 0 Å². The van der Waals surface area contributed by atoms with Crippen molar-refractivity contribution in [2.24, 2.45) is 0 Å². The van der Waals surface area contributed by atoms with Crippen LogP contribution in [0.1, 0.15) is 31.7 Å². The van der Waals surface area contributed by atoms with E-state index in [2.05, 4.69) is 42.6 Å². The van der Waals surface area contributed by atoms with Gasteiger partial charge in [-0.25, -0.2) is 0 Å². The predicted octanol–water partition coefficient (Wildman–Crippen LogP) is 2.76. The second-order valence-electron chi connectivity index (χ2n) is 4.37. The Balaban J connectivity index is 1.70. The number of hydrogen-bond acceptors (Lipinski definition) is 1. The van der Waals surface area contributed by atoms with Crippen molar-refractivity contribution < 1.29 is 0 Å². The van der Waals surface area contributed by atoms with E-state index in [-0.39, 0.29) is 0 Å². The van der Waals surface area contributed by atoms with Gasteiger partial charge in [0.1, 0.15) is 0 Å². The summed E-state index contributed by atoms with van der Waals surface area (Å²) in [6.45, 7) is 2.29. The zero-order valence-corrected chi connectivity index (χ0v) is 8.87. The summed E-state index contributed by atoms with van der Waals surface area (Å²) in [4.78, 5) is 0. The smallest absolute Gasteiger partial charge is 0.00706 e. The zero-order chi connectivity index (χ0) is 9.80. The van der Waals surface area contributed by atoms with Gasteiger partial charge in [-0.1, -0.05) is 30.3 Å². The molecule has 1 nitrogen and oxygen atoms in total. The SMILES string of the molecule is C[C@H](CCc1ccccc1)NC1CC1. The van der Waals surface area contributed by atoms with E-state index in [1.807, 2.05) is 0 Å². The first-order valence-corrected chi connectivity index (χ1v) is 5.64. The standard InChI is InChI=1S/C13H19N/c1-11(14-13-9-10-13)7-8-12-5-3-2-4-6-12/h2-6,11,13-14H,7-10H2,1H3/t11-/m1/s1. The molecule has 0 radical (unpaired) electrons. The Bertz CT molecular complexity index is 264. The molecule has 0 spiro atoms. The maximum atomic E-state index is 3.62. The number of benzene rings is 1. The van der Waals surface area contributed by atoms with Gasteiger partial charge in [0.15, 0.2) is 0 Å². The van der Waals surface area contributed by atoms with E-state index >= 15 is 0 Å². The van der Waals surface area contributed by atoms with Gasteiger partial charge in [0, 0.05) is 12.1 Å². The molecule has 0 heterocycles. The van der Waals surface area contributed by atoms with Crippen LogP contribution in [-0.4, -0.2) is 12.1 Å². The lowest BCUT2D eigenvalue weighted by atomic mass is 10.1. The summed E-state index contributed by atoms with van der Waals surface area (Å²) in [6, 6.07) is 12.2. The van der Waals surface area contributed by atoms with Gasteiger partial charge >= 0.3 is 0 Å². The Labute approximate surface area is 86.5 Å². The molecule has 1 aliphatic rings. The van der Waals surface area contributed by atoms with E-state index < -0.39 is 0 Å². The molecule has 1 heteroatoms. The fraction of sp³-hybridized carbons (Fsp3) is 0.538. The van der Waals surface area contributed by atoms with Gasteiger partial charge in [-0.15, -0.1) is 0 Å². The highest BCUT2D eigenvalue weighted by molar-refractivity contribution is 5.14. The number of aryl methyl sites for hydroxylation is 1. The Morgan fingerprint density at radius 2 is 2.00 bits per heavy atom. The highest BCUT2D eigenvalue weighted by Gasteiger charge is 2.22. The number of hydrogen-bond donors (Lipinski definition) is 1. The molecule has 2 rings (SSSR count). The Morgan fingerprint density at radius 1 is 1.29 bits per heavy atom. The van der Waals surface area contributed by atoms with Crippen LogP contribution < -0.4 is 5.32 Å². The molecule has 0 aromatic heterocycles. The topological polar surface area (TPSA) is 12.0 Å². The highest BCUT2D eigenvalue weighted by Crippen LogP contribution is 2.20.